The van der Waals surface area contributed by atoms with Gasteiger partial charge in [0.05, 0.1) is 6.04 Å². The number of para-hydroxylation sites is 1. The number of carbonyl (C=O) groups is 5. The van der Waals surface area contributed by atoms with Crippen LogP contribution in [0.15, 0.2) is 30.5 Å². The second-order valence-corrected chi connectivity index (χ2v) is 10.6. The fourth-order valence-corrected chi connectivity index (χ4v) is 4.36. The van der Waals surface area contributed by atoms with Crippen molar-refractivity contribution in [3.05, 3.63) is 36.0 Å². The van der Waals surface area contributed by atoms with E-state index >= 15 is 0 Å². The highest BCUT2D eigenvalue weighted by molar-refractivity contribution is 7.98. The van der Waals surface area contributed by atoms with Crippen LogP contribution in [-0.2, 0) is 30.4 Å². The number of hydrogen-bond acceptors (Lipinski definition) is 7. The van der Waals surface area contributed by atoms with Gasteiger partial charge in [0.2, 0.25) is 23.6 Å². The number of aliphatic carboxylic acids is 1. The van der Waals surface area contributed by atoms with Gasteiger partial charge in [0.1, 0.15) is 18.1 Å². The third-order valence-corrected chi connectivity index (χ3v) is 6.93. The summed E-state index contributed by atoms with van der Waals surface area (Å²) in [4.78, 5) is 65.4. The van der Waals surface area contributed by atoms with Gasteiger partial charge in [0.15, 0.2) is 0 Å². The van der Waals surface area contributed by atoms with Crippen molar-refractivity contribution >= 4 is 52.3 Å². The summed E-state index contributed by atoms with van der Waals surface area (Å²) in [7, 11) is 0. The van der Waals surface area contributed by atoms with Crippen LogP contribution in [0.25, 0.3) is 10.9 Å². The zero-order valence-electron chi connectivity index (χ0n) is 22.4. The molecule has 0 saturated heterocycles. The van der Waals surface area contributed by atoms with E-state index in [1.54, 1.807) is 20.0 Å². The molecule has 2 rings (SSSR count). The van der Waals surface area contributed by atoms with E-state index in [0.717, 1.165) is 16.5 Å². The Morgan fingerprint density at radius 3 is 2.18 bits per heavy atom. The van der Waals surface area contributed by atoms with Gasteiger partial charge < -0.3 is 37.5 Å². The van der Waals surface area contributed by atoms with Crippen molar-refractivity contribution in [1.29, 1.82) is 0 Å². The monoisotopic (exact) mass is 562 g/mol. The van der Waals surface area contributed by atoms with Gasteiger partial charge in [0, 0.05) is 29.9 Å². The number of thioether (sulfide) groups is 1. The summed E-state index contributed by atoms with van der Waals surface area (Å²) in [6.07, 6.45) is 3.47. The number of nitrogens with one attached hydrogen (secondary N) is 4. The predicted octanol–water partition coefficient (Wildman–Crippen LogP) is 0.251. The lowest BCUT2D eigenvalue weighted by Gasteiger charge is -2.25. The highest BCUT2D eigenvalue weighted by atomic mass is 32.2. The summed E-state index contributed by atoms with van der Waals surface area (Å²) in [5, 5.41) is 18.2. The molecule has 0 radical (unpaired) electrons. The van der Waals surface area contributed by atoms with E-state index < -0.39 is 53.8 Å². The van der Waals surface area contributed by atoms with Gasteiger partial charge in [-0.3, -0.25) is 19.2 Å². The SMILES string of the molecule is CSCCC(NC(=O)C(N)C(C)C)C(=O)NC(Cc1c[nH]c2ccccc12)C(=O)NC(CCC(N)=O)C(=O)O. The van der Waals surface area contributed by atoms with Crippen LogP contribution >= 0.6 is 11.8 Å². The zero-order valence-corrected chi connectivity index (χ0v) is 23.2. The first-order valence-electron chi connectivity index (χ1n) is 12.7. The van der Waals surface area contributed by atoms with Crippen LogP contribution in [0.1, 0.15) is 38.7 Å². The fraction of sp³-hybridized carbons (Fsp3) is 0.500. The normalized spacial score (nSPS) is 14.3. The Morgan fingerprint density at radius 1 is 0.949 bits per heavy atom. The van der Waals surface area contributed by atoms with Crippen molar-refractivity contribution in [2.24, 2.45) is 17.4 Å². The molecular formula is C26H38N6O6S. The maximum atomic E-state index is 13.4. The lowest BCUT2D eigenvalue weighted by molar-refractivity contribution is -0.142. The number of nitrogens with two attached hydrogens (primary N) is 2. The summed E-state index contributed by atoms with van der Waals surface area (Å²) in [6, 6.07) is 3.07. The van der Waals surface area contributed by atoms with Crippen LogP contribution in [0.2, 0.25) is 0 Å². The summed E-state index contributed by atoms with van der Waals surface area (Å²) < 4.78 is 0. The molecule has 4 unspecified atom stereocenters. The molecule has 9 N–H and O–H groups in total. The number of amides is 4. The number of fused-ring (bicyclic) bond motifs is 1. The van der Waals surface area contributed by atoms with Crippen molar-refractivity contribution in [3.63, 3.8) is 0 Å². The molecule has 0 aliphatic rings. The van der Waals surface area contributed by atoms with E-state index in [9.17, 15) is 29.1 Å². The molecule has 13 heteroatoms. The Hall–Kier alpha value is -3.58. The second-order valence-electron chi connectivity index (χ2n) is 9.64. The first-order valence-corrected chi connectivity index (χ1v) is 14.1. The predicted molar refractivity (Wildman–Crippen MR) is 150 cm³/mol. The highest BCUT2D eigenvalue weighted by Gasteiger charge is 2.31. The van der Waals surface area contributed by atoms with Crippen molar-refractivity contribution in [2.45, 2.75) is 63.7 Å². The van der Waals surface area contributed by atoms with Crippen molar-refractivity contribution in [1.82, 2.24) is 20.9 Å². The Labute approximate surface area is 231 Å². The smallest absolute Gasteiger partial charge is 0.326 e. The molecule has 12 nitrogen and oxygen atoms in total. The number of benzene rings is 1. The summed E-state index contributed by atoms with van der Waals surface area (Å²) in [6.45, 7) is 3.58. The second kappa shape index (κ2) is 15.1. The third-order valence-electron chi connectivity index (χ3n) is 6.29. The summed E-state index contributed by atoms with van der Waals surface area (Å²) >= 11 is 1.49. The number of carboxylic acids is 1. The lowest BCUT2D eigenvalue weighted by Crippen LogP contribution is -2.58. The molecule has 0 saturated carbocycles. The molecule has 0 aliphatic heterocycles. The van der Waals surface area contributed by atoms with Gasteiger partial charge >= 0.3 is 5.97 Å². The van der Waals surface area contributed by atoms with E-state index in [0.29, 0.717) is 12.2 Å². The molecule has 1 heterocycles. The molecule has 1 aromatic heterocycles. The van der Waals surface area contributed by atoms with Crippen molar-refractivity contribution in [2.75, 3.05) is 12.0 Å². The van der Waals surface area contributed by atoms with Crippen LogP contribution in [0.5, 0.6) is 0 Å². The largest absolute Gasteiger partial charge is 0.480 e. The van der Waals surface area contributed by atoms with Gasteiger partial charge in [-0.15, -0.1) is 0 Å². The molecule has 1 aromatic carbocycles. The van der Waals surface area contributed by atoms with Gasteiger partial charge in [0.25, 0.3) is 0 Å². The summed E-state index contributed by atoms with van der Waals surface area (Å²) in [5.74, 6) is -3.47. The number of aromatic nitrogens is 1. The van der Waals surface area contributed by atoms with Crippen LogP contribution in [0.3, 0.4) is 0 Å². The Bertz CT molecular complexity index is 1170. The van der Waals surface area contributed by atoms with Gasteiger partial charge in [-0.05, 0) is 42.4 Å². The van der Waals surface area contributed by atoms with E-state index in [1.807, 2.05) is 30.5 Å². The van der Waals surface area contributed by atoms with Crippen LogP contribution in [0.4, 0.5) is 0 Å². The number of carboxylic acid groups (broad SMARTS) is 1. The number of hydrogen-bond donors (Lipinski definition) is 7. The maximum Gasteiger partial charge on any atom is 0.326 e. The molecule has 4 atom stereocenters. The molecular weight excluding hydrogens is 524 g/mol. The average Bonchev–Trinajstić information content (AvgIpc) is 3.30. The van der Waals surface area contributed by atoms with Crippen LogP contribution in [-0.4, -0.2) is 75.9 Å². The number of carbonyl (C=O) groups excluding carboxylic acids is 4. The Morgan fingerprint density at radius 2 is 1.56 bits per heavy atom. The Kier molecular flexibility index (Phi) is 12.3. The van der Waals surface area contributed by atoms with Gasteiger partial charge in [-0.2, -0.15) is 11.8 Å². The standard InChI is InChI=1S/C26H38N6O6S/c1-14(2)22(28)25(36)30-18(10-11-39-3)23(34)32-20(12-15-13-29-17-7-5-4-6-16(15)17)24(35)31-19(26(37)38)8-9-21(27)33/h4-7,13-14,18-20,22,29H,8-12,28H2,1-3H3,(H2,27,33)(H,30,36)(H,31,35)(H,32,34)(H,37,38). The molecule has 0 spiro atoms. The minimum atomic E-state index is -1.39. The molecule has 2 aromatic rings. The number of aromatic amines is 1. The van der Waals surface area contributed by atoms with Crippen LogP contribution in [0, 0.1) is 5.92 Å². The van der Waals surface area contributed by atoms with E-state index in [4.69, 9.17) is 11.5 Å². The topological polar surface area (TPSA) is 209 Å². The molecule has 4 amide bonds. The summed E-state index contributed by atoms with van der Waals surface area (Å²) in [5.41, 5.74) is 12.7. The number of primary amides is 1. The van der Waals surface area contributed by atoms with Gasteiger partial charge in [-0.1, -0.05) is 32.0 Å². The number of rotatable bonds is 16. The first kappa shape index (κ1) is 31.6. The lowest BCUT2D eigenvalue weighted by atomic mass is 10.0. The first-order chi connectivity index (χ1) is 18.4. The minimum absolute atomic E-state index is 0.0401. The van der Waals surface area contributed by atoms with Crippen molar-refractivity contribution in [3.8, 4) is 0 Å². The quantitative estimate of drug-likeness (QED) is 0.150. The van der Waals surface area contributed by atoms with Crippen molar-refractivity contribution < 1.29 is 29.1 Å². The molecule has 0 aliphatic carbocycles. The highest BCUT2D eigenvalue weighted by Crippen LogP contribution is 2.19. The fourth-order valence-electron chi connectivity index (χ4n) is 3.89. The zero-order chi connectivity index (χ0) is 29.1. The maximum absolute atomic E-state index is 13.4. The third kappa shape index (κ3) is 9.59. The molecule has 0 bridgehead atoms. The van der Waals surface area contributed by atoms with E-state index in [2.05, 4.69) is 20.9 Å². The average molecular weight is 563 g/mol. The molecule has 214 valence electrons. The van der Waals surface area contributed by atoms with E-state index in [1.165, 1.54) is 11.8 Å². The minimum Gasteiger partial charge on any atom is -0.480 e. The molecule has 0 fully saturated rings. The molecule has 39 heavy (non-hydrogen) atoms. The van der Waals surface area contributed by atoms with Crippen LogP contribution < -0.4 is 27.4 Å². The van der Waals surface area contributed by atoms with E-state index in [-0.39, 0.29) is 25.2 Å². The van der Waals surface area contributed by atoms with Gasteiger partial charge in [-0.25, -0.2) is 4.79 Å². The Balaban J connectivity index is 2.32. The number of H-pyrrole nitrogens is 1.